The number of nitrogens with zero attached hydrogens (tertiary/aromatic N) is 1. The molecular weight excluding hydrogens is 360 g/mol. The number of piperidine rings is 1. The zero-order chi connectivity index (χ0) is 20.9. The molecule has 4 nitrogen and oxygen atoms in total. The fraction of sp³-hybridized carbons (Fsp3) is 0.440. The van der Waals surface area contributed by atoms with E-state index in [2.05, 4.69) is 24.3 Å². The highest BCUT2D eigenvalue weighted by molar-refractivity contribution is 5.84. The van der Waals surface area contributed by atoms with Crippen LogP contribution in [0, 0.1) is 11.3 Å². The van der Waals surface area contributed by atoms with Gasteiger partial charge >= 0.3 is 0 Å². The zero-order valence-electron chi connectivity index (χ0n) is 17.6. The Balaban J connectivity index is 1.91. The Morgan fingerprint density at radius 1 is 1.03 bits per heavy atom. The molecule has 2 N–H and O–H groups in total. The van der Waals surface area contributed by atoms with Gasteiger partial charge in [-0.1, -0.05) is 68.4 Å². The quantitative estimate of drug-likeness (QED) is 0.758. The minimum absolute atomic E-state index is 0.0234. The Morgan fingerprint density at radius 2 is 1.69 bits per heavy atom. The van der Waals surface area contributed by atoms with Gasteiger partial charge in [0.25, 0.3) is 0 Å². The summed E-state index contributed by atoms with van der Waals surface area (Å²) in [6.45, 7) is 5.23. The number of nitrogens with two attached hydrogens (primary N) is 1. The van der Waals surface area contributed by atoms with E-state index in [1.807, 2.05) is 49.1 Å². The first kappa shape index (κ1) is 21.1. The molecule has 0 radical (unpaired) electrons. The third kappa shape index (κ3) is 4.52. The zero-order valence-corrected chi connectivity index (χ0v) is 17.6. The van der Waals surface area contributed by atoms with Crippen LogP contribution in [0.1, 0.15) is 45.1 Å². The van der Waals surface area contributed by atoms with Crippen LogP contribution in [0.15, 0.2) is 54.6 Å². The van der Waals surface area contributed by atoms with Gasteiger partial charge in [0, 0.05) is 19.0 Å². The van der Waals surface area contributed by atoms with Crippen LogP contribution >= 0.6 is 0 Å². The van der Waals surface area contributed by atoms with Gasteiger partial charge in [-0.3, -0.25) is 9.59 Å². The van der Waals surface area contributed by atoms with Gasteiger partial charge in [0.2, 0.25) is 11.8 Å². The van der Waals surface area contributed by atoms with Crippen LogP contribution in [0.4, 0.5) is 0 Å². The summed E-state index contributed by atoms with van der Waals surface area (Å²) < 4.78 is 0. The van der Waals surface area contributed by atoms with Gasteiger partial charge in [-0.2, -0.15) is 0 Å². The molecule has 154 valence electrons. The summed E-state index contributed by atoms with van der Waals surface area (Å²) in [6, 6.07) is 18.4. The fourth-order valence-corrected chi connectivity index (χ4v) is 4.59. The number of carbonyl (C=O) groups excluding carboxylic acids is 2. The molecule has 1 saturated heterocycles. The van der Waals surface area contributed by atoms with E-state index in [9.17, 15) is 9.59 Å². The Bertz CT molecular complexity index is 845. The van der Waals surface area contributed by atoms with Crippen LogP contribution in [-0.4, -0.2) is 29.8 Å². The molecule has 1 aliphatic heterocycles. The number of likely N-dealkylation sites (tertiary alicyclic amines) is 1. The summed E-state index contributed by atoms with van der Waals surface area (Å²) in [5.41, 5.74) is 8.60. The lowest BCUT2D eigenvalue weighted by Gasteiger charge is -2.42. The van der Waals surface area contributed by atoms with Crippen molar-refractivity contribution in [1.29, 1.82) is 0 Å². The van der Waals surface area contributed by atoms with Gasteiger partial charge in [0.15, 0.2) is 0 Å². The first-order chi connectivity index (χ1) is 14.0. The Morgan fingerprint density at radius 3 is 2.34 bits per heavy atom. The van der Waals surface area contributed by atoms with Crippen LogP contribution in [0.25, 0.3) is 11.1 Å². The number of primary amides is 1. The van der Waals surface area contributed by atoms with Crippen molar-refractivity contribution < 1.29 is 9.59 Å². The molecule has 1 fully saturated rings. The molecular formula is C25H32N2O2. The summed E-state index contributed by atoms with van der Waals surface area (Å²) in [4.78, 5) is 27.6. The predicted octanol–water partition coefficient (Wildman–Crippen LogP) is 4.43. The largest absolute Gasteiger partial charge is 0.369 e. The molecule has 2 amide bonds. The maximum Gasteiger partial charge on any atom is 0.225 e. The molecule has 1 atom stereocenters. The van der Waals surface area contributed by atoms with Crippen molar-refractivity contribution in [3.8, 4) is 11.1 Å². The maximum absolute atomic E-state index is 13.0. The molecule has 0 unspecified atom stereocenters. The predicted molar refractivity (Wildman–Crippen MR) is 117 cm³/mol. The van der Waals surface area contributed by atoms with Gasteiger partial charge in [0.05, 0.1) is 5.41 Å². The summed E-state index contributed by atoms with van der Waals surface area (Å²) in [7, 11) is 0. The van der Waals surface area contributed by atoms with Crippen molar-refractivity contribution in [3.63, 3.8) is 0 Å². The number of hydrogen-bond acceptors (Lipinski definition) is 2. The van der Waals surface area contributed by atoms with Gasteiger partial charge in [-0.25, -0.2) is 0 Å². The van der Waals surface area contributed by atoms with E-state index in [0.29, 0.717) is 19.5 Å². The van der Waals surface area contributed by atoms with E-state index < -0.39 is 5.41 Å². The van der Waals surface area contributed by atoms with E-state index in [0.717, 1.165) is 42.4 Å². The molecule has 29 heavy (non-hydrogen) atoms. The molecule has 2 aromatic carbocycles. The highest BCUT2D eigenvalue weighted by Gasteiger charge is 2.43. The molecule has 0 aromatic heterocycles. The SMILES string of the molecule is CCC(CC)C(=O)N1CCC[C@@](Cc2ccccc2-c2ccccc2)(C(N)=O)C1. The Labute approximate surface area is 174 Å². The van der Waals surface area contributed by atoms with E-state index in [1.165, 1.54) is 0 Å². The second-order valence-corrected chi connectivity index (χ2v) is 8.22. The smallest absolute Gasteiger partial charge is 0.225 e. The molecule has 1 heterocycles. The van der Waals surface area contributed by atoms with Crippen molar-refractivity contribution in [3.05, 3.63) is 60.2 Å². The minimum atomic E-state index is -0.717. The van der Waals surface area contributed by atoms with Crippen molar-refractivity contribution in [2.24, 2.45) is 17.1 Å². The first-order valence-electron chi connectivity index (χ1n) is 10.7. The second kappa shape index (κ2) is 9.25. The fourth-order valence-electron chi connectivity index (χ4n) is 4.59. The van der Waals surface area contributed by atoms with Gasteiger partial charge in [0.1, 0.15) is 0 Å². The molecule has 3 rings (SSSR count). The average molecular weight is 393 g/mol. The Hall–Kier alpha value is -2.62. The summed E-state index contributed by atoms with van der Waals surface area (Å²) >= 11 is 0. The average Bonchev–Trinajstić information content (AvgIpc) is 2.75. The molecule has 0 bridgehead atoms. The lowest BCUT2D eigenvalue weighted by Crippen LogP contribution is -2.54. The number of carbonyl (C=O) groups is 2. The third-order valence-electron chi connectivity index (χ3n) is 6.38. The third-order valence-corrected chi connectivity index (χ3v) is 6.38. The maximum atomic E-state index is 13.0. The lowest BCUT2D eigenvalue weighted by molar-refractivity contribution is -0.143. The molecule has 2 aromatic rings. The van der Waals surface area contributed by atoms with E-state index in [4.69, 9.17) is 5.73 Å². The summed E-state index contributed by atoms with van der Waals surface area (Å²) in [5, 5.41) is 0. The molecule has 1 aliphatic rings. The van der Waals surface area contributed by atoms with Gasteiger partial charge in [-0.05, 0) is 48.8 Å². The Kier molecular flexibility index (Phi) is 6.73. The standard InChI is InChI=1S/C25H32N2O2/c1-3-19(4-2)23(28)27-16-10-15-25(18-27,24(26)29)17-21-13-8-9-14-22(21)20-11-6-5-7-12-20/h5-9,11-14,19H,3-4,10,15-18H2,1-2H3,(H2,26,29)/t25-/m0/s1. The summed E-state index contributed by atoms with van der Waals surface area (Å²) in [5.74, 6) is -0.116. The van der Waals surface area contributed by atoms with Gasteiger partial charge in [-0.15, -0.1) is 0 Å². The number of benzene rings is 2. The van der Waals surface area contributed by atoms with Crippen LogP contribution in [0.3, 0.4) is 0 Å². The second-order valence-electron chi connectivity index (χ2n) is 8.22. The minimum Gasteiger partial charge on any atom is -0.369 e. The topological polar surface area (TPSA) is 63.4 Å². The normalized spacial score (nSPS) is 19.3. The number of hydrogen-bond donors (Lipinski definition) is 1. The van der Waals surface area contributed by atoms with Crippen LogP contribution in [0.5, 0.6) is 0 Å². The molecule has 0 spiro atoms. The molecule has 4 heteroatoms. The van der Waals surface area contributed by atoms with E-state index in [-0.39, 0.29) is 17.7 Å². The van der Waals surface area contributed by atoms with Crippen LogP contribution < -0.4 is 5.73 Å². The highest BCUT2D eigenvalue weighted by Crippen LogP contribution is 2.37. The number of rotatable bonds is 7. The van der Waals surface area contributed by atoms with Crippen molar-refractivity contribution in [1.82, 2.24) is 4.90 Å². The first-order valence-corrected chi connectivity index (χ1v) is 10.7. The van der Waals surface area contributed by atoms with Crippen molar-refractivity contribution >= 4 is 11.8 Å². The highest BCUT2D eigenvalue weighted by atomic mass is 16.2. The van der Waals surface area contributed by atoms with Crippen molar-refractivity contribution in [2.75, 3.05) is 13.1 Å². The molecule has 0 aliphatic carbocycles. The van der Waals surface area contributed by atoms with Gasteiger partial charge < -0.3 is 10.6 Å². The monoisotopic (exact) mass is 392 g/mol. The van der Waals surface area contributed by atoms with Crippen molar-refractivity contribution in [2.45, 2.75) is 46.0 Å². The van der Waals surface area contributed by atoms with E-state index >= 15 is 0 Å². The van der Waals surface area contributed by atoms with Crippen LogP contribution in [-0.2, 0) is 16.0 Å². The number of amides is 2. The van der Waals surface area contributed by atoms with Crippen LogP contribution in [0.2, 0.25) is 0 Å². The molecule has 0 saturated carbocycles. The van der Waals surface area contributed by atoms with E-state index in [1.54, 1.807) is 0 Å². The summed E-state index contributed by atoms with van der Waals surface area (Å²) in [6.07, 6.45) is 3.74. The lowest BCUT2D eigenvalue weighted by atomic mass is 9.73.